The van der Waals surface area contributed by atoms with E-state index in [0.717, 1.165) is 56.8 Å². The summed E-state index contributed by atoms with van der Waals surface area (Å²) in [6.45, 7) is 4.20. The molecule has 2 fully saturated rings. The van der Waals surface area contributed by atoms with E-state index in [0.29, 0.717) is 12.5 Å². The number of carbonyl (C=O) groups excluding carboxylic acids is 1. The molecule has 5 heteroatoms. The Morgan fingerprint density at radius 1 is 1.17 bits per heavy atom. The highest BCUT2D eigenvalue weighted by molar-refractivity contribution is 5.85. The van der Waals surface area contributed by atoms with Crippen molar-refractivity contribution < 1.29 is 9.21 Å². The number of piperidine rings is 1. The SMILES string of the molecule is O=C1N(Cc2cccnc2)CC[C@]12CCCN(Cc1ccco1)C2. The van der Waals surface area contributed by atoms with E-state index in [-0.39, 0.29) is 5.41 Å². The van der Waals surface area contributed by atoms with Gasteiger partial charge in [-0.3, -0.25) is 14.7 Å². The number of hydrogen-bond acceptors (Lipinski definition) is 4. The maximum Gasteiger partial charge on any atom is 0.230 e. The predicted molar refractivity (Wildman–Crippen MR) is 89.9 cm³/mol. The zero-order valence-electron chi connectivity index (χ0n) is 13.9. The Hall–Kier alpha value is -2.14. The van der Waals surface area contributed by atoms with Gasteiger partial charge >= 0.3 is 0 Å². The number of amides is 1. The maximum atomic E-state index is 13.1. The molecule has 2 saturated heterocycles. The number of hydrogen-bond donors (Lipinski definition) is 0. The van der Waals surface area contributed by atoms with Gasteiger partial charge in [0, 0.05) is 32.0 Å². The molecule has 5 nitrogen and oxygen atoms in total. The predicted octanol–water partition coefficient (Wildman–Crippen LogP) is 2.69. The lowest BCUT2D eigenvalue weighted by Gasteiger charge is -2.38. The lowest BCUT2D eigenvalue weighted by molar-refractivity contribution is -0.139. The Bertz CT molecular complexity index is 686. The van der Waals surface area contributed by atoms with Crippen molar-refractivity contribution >= 4 is 5.91 Å². The molecule has 0 aliphatic carbocycles. The summed E-state index contributed by atoms with van der Waals surface area (Å²) in [5.41, 5.74) is 0.902. The molecule has 2 aromatic rings. The smallest absolute Gasteiger partial charge is 0.230 e. The van der Waals surface area contributed by atoms with Gasteiger partial charge in [-0.15, -0.1) is 0 Å². The van der Waals surface area contributed by atoms with Crippen molar-refractivity contribution in [3.8, 4) is 0 Å². The van der Waals surface area contributed by atoms with E-state index in [1.807, 2.05) is 35.4 Å². The lowest BCUT2D eigenvalue weighted by atomic mass is 9.78. The summed E-state index contributed by atoms with van der Waals surface area (Å²) in [7, 11) is 0. The molecule has 1 spiro atoms. The first-order chi connectivity index (χ1) is 11.8. The van der Waals surface area contributed by atoms with Gasteiger partial charge in [-0.25, -0.2) is 0 Å². The van der Waals surface area contributed by atoms with Crippen LogP contribution >= 0.6 is 0 Å². The molecule has 0 bridgehead atoms. The summed E-state index contributed by atoms with van der Waals surface area (Å²) < 4.78 is 5.47. The summed E-state index contributed by atoms with van der Waals surface area (Å²) in [5, 5.41) is 0. The Kier molecular flexibility index (Phi) is 4.10. The van der Waals surface area contributed by atoms with Gasteiger partial charge in [0.05, 0.1) is 18.2 Å². The molecule has 0 saturated carbocycles. The van der Waals surface area contributed by atoms with Crippen LogP contribution in [0.15, 0.2) is 47.3 Å². The number of carbonyl (C=O) groups is 1. The molecule has 0 aromatic carbocycles. The van der Waals surface area contributed by atoms with Crippen LogP contribution in [0.25, 0.3) is 0 Å². The molecule has 126 valence electrons. The molecular formula is C19H23N3O2. The summed E-state index contributed by atoms with van der Waals surface area (Å²) in [6.07, 6.45) is 8.37. The van der Waals surface area contributed by atoms with Gasteiger partial charge in [0.25, 0.3) is 0 Å². The van der Waals surface area contributed by atoms with Gasteiger partial charge in [-0.1, -0.05) is 6.07 Å². The first-order valence-electron chi connectivity index (χ1n) is 8.68. The van der Waals surface area contributed by atoms with E-state index in [2.05, 4.69) is 9.88 Å². The highest BCUT2D eigenvalue weighted by Gasteiger charge is 2.48. The van der Waals surface area contributed by atoms with Crippen molar-refractivity contribution in [2.24, 2.45) is 5.41 Å². The monoisotopic (exact) mass is 325 g/mol. The zero-order valence-corrected chi connectivity index (χ0v) is 13.9. The Morgan fingerprint density at radius 3 is 2.92 bits per heavy atom. The van der Waals surface area contributed by atoms with Gasteiger partial charge < -0.3 is 9.32 Å². The third kappa shape index (κ3) is 2.96. The van der Waals surface area contributed by atoms with Gasteiger partial charge in [0.1, 0.15) is 5.76 Å². The van der Waals surface area contributed by atoms with Crippen molar-refractivity contribution in [1.29, 1.82) is 0 Å². The van der Waals surface area contributed by atoms with Gasteiger partial charge in [-0.05, 0) is 49.6 Å². The van der Waals surface area contributed by atoms with Gasteiger partial charge in [0.2, 0.25) is 5.91 Å². The second-order valence-electron chi connectivity index (χ2n) is 7.01. The van der Waals surface area contributed by atoms with E-state index in [1.165, 1.54) is 0 Å². The highest BCUT2D eigenvalue weighted by atomic mass is 16.3. The lowest BCUT2D eigenvalue weighted by Crippen LogP contribution is -2.47. The molecule has 1 atom stereocenters. The minimum Gasteiger partial charge on any atom is -0.468 e. The minimum atomic E-state index is -0.201. The molecule has 24 heavy (non-hydrogen) atoms. The number of furan rings is 1. The summed E-state index contributed by atoms with van der Waals surface area (Å²) >= 11 is 0. The number of aromatic nitrogens is 1. The zero-order chi connectivity index (χ0) is 16.4. The fourth-order valence-corrected chi connectivity index (χ4v) is 4.12. The van der Waals surface area contributed by atoms with E-state index < -0.39 is 0 Å². The largest absolute Gasteiger partial charge is 0.468 e. The second kappa shape index (κ2) is 6.40. The average Bonchev–Trinajstić information content (AvgIpc) is 3.21. The average molecular weight is 325 g/mol. The maximum absolute atomic E-state index is 13.1. The number of likely N-dealkylation sites (tertiary alicyclic amines) is 2. The third-order valence-corrected chi connectivity index (χ3v) is 5.31. The molecule has 2 aromatic heterocycles. The topological polar surface area (TPSA) is 49.6 Å². The standard InChI is InChI=1S/C19H23N3O2/c23-18-19(7-10-22(18)13-16-4-1-8-20-12-16)6-3-9-21(15-19)14-17-5-2-11-24-17/h1-2,4-5,8,11-12H,3,6-7,9-10,13-15H2/t19-/m0/s1. The van der Waals surface area contributed by atoms with Crippen molar-refractivity contribution in [3.63, 3.8) is 0 Å². The summed E-state index contributed by atoms with van der Waals surface area (Å²) in [6, 6.07) is 7.89. The first-order valence-corrected chi connectivity index (χ1v) is 8.68. The Morgan fingerprint density at radius 2 is 2.12 bits per heavy atom. The van der Waals surface area contributed by atoms with Crippen molar-refractivity contribution in [3.05, 3.63) is 54.2 Å². The Labute approximate surface area is 142 Å². The van der Waals surface area contributed by atoms with Crippen molar-refractivity contribution in [2.75, 3.05) is 19.6 Å². The molecule has 1 amide bonds. The van der Waals surface area contributed by atoms with Crippen molar-refractivity contribution in [1.82, 2.24) is 14.8 Å². The van der Waals surface area contributed by atoms with Crippen LogP contribution < -0.4 is 0 Å². The van der Waals surface area contributed by atoms with Crippen LogP contribution in [0.4, 0.5) is 0 Å². The van der Waals surface area contributed by atoms with Crippen LogP contribution in [0.1, 0.15) is 30.6 Å². The van der Waals surface area contributed by atoms with Crippen molar-refractivity contribution in [2.45, 2.75) is 32.4 Å². The van der Waals surface area contributed by atoms with Crippen LogP contribution in [0.2, 0.25) is 0 Å². The summed E-state index contributed by atoms with van der Waals surface area (Å²) in [4.78, 5) is 21.6. The fraction of sp³-hybridized carbons (Fsp3) is 0.474. The normalized spacial score (nSPS) is 24.8. The minimum absolute atomic E-state index is 0.201. The number of nitrogens with zero attached hydrogens (tertiary/aromatic N) is 3. The second-order valence-corrected chi connectivity index (χ2v) is 7.01. The van der Waals surface area contributed by atoms with E-state index in [4.69, 9.17) is 4.42 Å². The van der Waals surface area contributed by atoms with Gasteiger partial charge in [0.15, 0.2) is 0 Å². The van der Waals surface area contributed by atoms with E-state index in [9.17, 15) is 4.79 Å². The highest BCUT2D eigenvalue weighted by Crippen LogP contribution is 2.41. The molecule has 2 aliphatic rings. The fourth-order valence-electron chi connectivity index (χ4n) is 4.12. The number of rotatable bonds is 4. The van der Waals surface area contributed by atoms with Gasteiger partial charge in [-0.2, -0.15) is 0 Å². The number of pyridine rings is 1. The van der Waals surface area contributed by atoms with E-state index in [1.54, 1.807) is 12.5 Å². The molecule has 4 rings (SSSR count). The molecule has 0 N–H and O–H groups in total. The van der Waals surface area contributed by atoms with Crippen LogP contribution in [0, 0.1) is 5.41 Å². The Balaban J connectivity index is 1.44. The van der Waals surface area contributed by atoms with E-state index >= 15 is 0 Å². The molecule has 0 radical (unpaired) electrons. The first kappa shape index (κ1) is 15.4. The van der Waals surface area contributed by atoms with Crippen LogP contribution in [0.5, 0.6) is 0 Å². The summed E-state index contributed by atoms with van der Waals surface area (Å²) in [5.74, 6) is 1.29. The van der Waals surface area contributed by atoms with Crippen LogP contribution in [-0.2, 0) is 17.9 Å². The third-order valence-electron chi connectivity index (χ3n) is 5.31. The molecule has 2 aliphatic heterocycles. The van der Waals surface area contributed by atoms with Crippen LogP contribution in [0.3, 0.4) is 0 Å². The molecule has 4 heterocycles. The van der Waals surface area contributed by atoms with Crippen LogP contribution in [-0.4, -0.2) is 40.3 Å². The quantitative estimate of drug-likeness (QED) is 0.867. The molecular weight excluding hydrogens is 302 g/mol. The molecule has 0 unspecified atom stereocenters.